The summed E-state index contributed by atoms with van der Waals surface area (Å²) in [4.78, 5) is 25.3. The van der Waals surface area contributed by atoms with Gasteiger partial charge in [-0.25, -0.2) is 0 Å². The van der Waals surface area contributed by atoms with Gasteiger partial charge in [0.1, 0.15) is 11.5 Å². The quantitative estimate of drug-likeness (QED) is 0.854. The number of rotatable bonds is 6. The first-order valence-corrected chi connectivity index (χ1v) is 7.79. The molecule has 0 aliphatic rings. The Labute approximate surface area is 141 Å². The van der Waals surface area contributed by atoms with Crippen LogP contribution >= 0.6 is 0 Å². The fraction of sp³-hybridized carbons (Fsp3) is 0.333. The average Bonchev–Trinajstić information content (AvgIpc) is 2.93. The monoisotopic (exact) mass is 329 g/mol. The van der Waals surface area contributed by atoms with E-state index in [0.29, 0.717) is 17.9 Å². The van der Waals surface area contributed by atoms with Crippen LogP contribution in [0.25, 0.3) is 0 Å². The van der Waals surface area contributed by atoms with Gasteiger partial charge in [0.2, 0.25) is 11.8 Å². The van der Waals surface area contributed by atoms with E-state index >= 15 is 0 Å². The van der Waals surface area contributed by atoms with Crippen molar-refractivity contribution in [1.82, 2.24) is 4.90 Å². The Morgan fingerprint density at radius 3 is 2.17 bits per heavy atom. The molecule has 24 heavy (non-hydrogen) atoms. The lowest BCUT2D eigenvalue weighted by atomic mass is 10.2. The van der Waals surface area contributed by atoms with Crippen molar-refractivity contribution in [3.05, 3.63) is 47.9 Å². The van der Waals surface area contributed by atoms with Crippen LogP contribution in [0, 0.1) is 6.92 Å². The predicted octanol–water partition coefficient (Wildman–Crippen LogP) is 3.01. The second-order valence-electron chi connectivity index (χ2n) is 5.85. The third-order valence-electron chi connectivity index (χ3n) is 3.71. The average molecular weight is 329 g/mol. The van der Waals surface area contributed by atoms with Gasteiger partial charge in [0.05, 0.1) is 12.6 Å². The maximum absolute atomic E-state index is 12.4. The van der Waals surface area contributed by atoms with E-state index in [2.05, 4.69) is 10.6 Å². The predicted molar refractivity (Wildman–Crippen MR) is 93.7 cm³/mol. The van der Waals surface area contributed by atoms with Crippen molar-refractivity contribution in [3.63, 3.8) is 0 Å². The number of aryl methyl sites for hydroxylation is 1. The molecule has 0 bridgehead atoms. The SMILES string of the molecule is CC(=O)Nc1ccc(NC(=O)C(C)N(C)Cc2ccc(C)o2)cc1. The molecule has 2 N–H and O–H groups in total. The topological polar surface area (TPSA) is 74.6 Å². The largest absolute Gasteiger partial charge is 0.465 e. The number of likely N-dealkylation sites (N-methyl/N-ethyl adjacent to an activating group) is 1. The Morgan fingerprint density at radius 2 is 1.67 bits per heavy atom. The van der Waals surface area contributed by atoms with Crippen molar-refractivity contribution in [2.24, 2.45) is 0 Å². The molecule has 0 saturated carbocycles. The van der Waals surface area contributed by atoms with Crippen LogP contribution in [0.2, 0.25) is 0 Å². The number of hydrogen-bond donors (Lipinski definition) is 2. The molecule has 1 aromatic heterocycles. The van der Waals surface area contributed by atoms with Crippen molar-refractivity contribution >= 4 is 23.2 Å². The van der Waals surface area contributed by atoms with Crippen LogP contribution in [-0.4, -0.2) is 29.8 Å². The molecule has 128 valence electrons. The van der Waals surface area contributed by atoms with Gasteiger partial charge in [0.25, 0.3) is 0 Å². The first kappa shape index (κ1) is 17.7. The van der Waals surface area contributed by atoms with Gasteiger partial charge < -0.3 is 15.1 Å². The van der Waals surface area contributed by atoms with Gasteiger partial charge in [-0.1, -0.05) is 0 Å². The summed E-state index contributed by atoms with van der Waals surface area (Å²) in [6.45, 7) is 5.75. The van der Waals surface area contributed by atoms with Crippen LogP contribution in [0.4, 0.5) is 11.4 Å². The number of nitrogens with zero attached hydrogens (tertiary/aromatic N) is 1. The van der Waals surface area contributed by atoms with Gasteiger partial charge in [-0.2, -0.15) is 0 Å². The Kier molecular flexibility index (Phi) is 5.76. The van der Waals surface area contributed by atoms with E-state index in [1.165, 1.54) is 6.92 Å². The maximum atomic E-state index is 12.4. The zero-order chi connectivity index (χ0) is 17.7. The van der Waals surface area contributed by atoms with E-state index in [4.69, 9.17) is 4.42 Å². The summed E-state index contributed by atoms with van der Waals surface area (Å²) in [7, 11) is 1.88. The first-order chi connectivity index (χ1) is 11.3. The van der Waals surface area contributed by atoms with Crippen molar-refractivity contribution in [1.29, 1.82) is 0 Å². The second kappa shape index (κ2) is 7.79. The van der Waals surface area contributed by atoms with E-state index < -0.39 is 0 Å². The molecule has 1 unspecified atom stereocenters. The summed E-state index contributed by atoms with van der Waals surface area (Å²) in [5.74, 6) is 1.45. The number of nitrogens with one attached hydrogen (secondary N) is 2. The summed E-state index contributed by atoms with van der Waals surface area (Å²) in [5.41, 5.74) is 1.38. The number of furan rings is 1. The molecule has 0 radical (unpaired) electrons. The molecule has 2 aromatic rings. The van der Waals surface area contributed by atoms with Gasteiger partial charge in [0.15, 0.2) is 0 Å². The van der Waals surface area contributed by atoms with Crippen LogP contribution in [-0.2, 0) is 16.1 Å². The van der Waals surface area contributed by atoms with Crippen molar-refractivity contribution in [2.45, 2.75) is 33.4 Å². The van der Waals surface area contributed by atoms with Crippen LogP contribution in [0.15, 0.2) is 40.8 Å². The molecular formula is C18H23N3O3. The minimum atomic E-state index is -0.314. The number of carbonyl (C=O) groups is 2. The van der Waals surface area contributed by atoms with E-state index in [1.54, 1.807) is 24.3 Å². The lowest BCUT2D eigenvalue weighted by Gasteiger charge is -2.23. The van der Waals surface area contributed by atoms with Crippen molar-refractivity contribution < 1.29 is 14.0 Å². The van der Waals surface area contributed by atoms with Crippen LogP contribution < -0.4 is 10.6 Å². The van der Waals surface area contributed by atoms with Crippen molar-refractivity contribution in [2.75, 3.05) is 17.7 Å². The highest BCUT2D eigenvalue weighted by molar-refractivity contribution is 5.95. The smallest absolute Gasteiger partial charge is 0.241 e. The van der Waals surface area contributed by atoms with Crippen LogP contribution in [0.3, 0.4) is 0 Å². The minimum Gasteiger partial charge on any atom is -0.465 e. The fourth-order valence-electron chi connectivity index (χ4n) is 2.24. The molecule has 1 aromatic carbocycles. The molecule has 6 heteroatoms. The summed E-state index contributed by atoms with van der Waals surface area (Å²) in [6.07, 6.45) is 0. The molecule has 6 nitrogen and oxygen atoms in total. The summed E-state index contributed by atoms with van der Waals surface area (Å²) in [6, 6.07) is 10.5. The van der Waals surface area contributed by atoms with Crippen molar-refractivity contribution in [3.8, 4) is 0 Å². The minimum absolute atomic E-state index is 0.104. The van der Waals surface area contributed by atoms with Gasteiger partial charge in [-0.3, -0.25) is 14.5 Å². The van der Waals surface area contributed by atoms with Gasteiger partial charge in [-0.05, 0) is 57.3 Å². The molecule has 2 rings (SSSR count). The summed E-state index contributed by atoms with van der Waals surface area (Å²) >= 11 is 0. The molecule has 0 aliphatic heterocycles. The van der Waals surface area contributed by atoms with E-state index in [-0.39, 0.29) is 17.9 Å². The van der Waals surface area contributed by atoms with Gasteiger partial charge in [0, 0.05) is 18.3 Å². The van der Waals surface area contributed by atoms with E-state index in [1.807, 2.05) is 37.9 Å². The number of amides is 2. The lowest BCUT2D eigenvalue weighted by molar-refractivity contribution is -0.120. The Morgan fingerprint density at radius 1 is 1.08 bits per heavy atom. The molecular weight excluding hydrogens is 306 g/mol. The first-order valence-electron chi connectivity index (χ1n) is 7.79. The Balaban J connectivity index is 1.91. The highest BCUT2D eigenvalue weighted by Crippen LogP contribution is 2.15. The third-order valence-corrected chi connectivity index (χ3v) is 3.71. The fourth-order valence-corrected chi connectivity index (χ4v) is 2.24. The molecule has 1 atom stereocenters. The molecule has 0 fully saturated rings. The zero-order valence-electron chi connectivity index (χ0n) is 14.4. The van der Waals surface area contributed by atoms with E-state index in [9.17, 15) is 9.59 Å². The lowest BCUT2D eigenvalue weighted by Crippen LogP contribution is -2.39. The highest BCUT2D eigenvalue weighted by atomic mass is 16.3. The Hall–Kier alpha value is -2.60. The zero-order valence-corrected chi connectivity index (χ0v) is 14.4. The third kappa shape index (κ3) is 4.96. The number of hydrogen-bond acceptors (Lipinski definition) is 4. The molecule has 0 spiro atoms. The van der Waals surface area contributed by atoms with E-state index in [0.717, 1.165) is 11.5 Å². The standard InChI is InChI=1S/C18H23N3O3/c1-12-5-10-17(24-12)11-21(4)13(2)18(23)20-16-8-6-15(7-9-16)19-14(3)22/h5-10,13H,11H2,1-4H3,(H,19,22)(H,20,23). The molecule has 0 aliphatic carbocycles. The van der Waals surface area contributed by atoms with Gasteiger partial charge >= 0.3 is 0 Å². The number of anilines is 2. The van der Waals surface area contributed by atoms with Crippen LogP contribution in [0.1, 0.15) is 25.4 Å². The molecule has 2 amide bonds. The summed E-state index contributed by atoms with van der Waals surface area (Å²) in [5, 5.41) is 5.56. The maximum Gasteiger partial charge on any atom is 0.241 e. The van der Waals surface area contributed by atoms with Gasteiger partial charge in [-0.15, -0.1) is 0 Å². The Bertz CT molecular complexity index is 707. The number of benzene rings is 1. The second-order valence-corrected chi connectivity index (χ2v) is 5.85. The molecule has 1 heterocycles. The van der Waals surface area contributed by atoms with Crippen LogP contribution in [0.5, 0.6) is 0 Å². The highest BCUT2D eigenvalue weighted by Gasteiger charge is 2.19. The number of carbonyl (C=O) groups excluding carboxylic acids is 2. The normalized spacial score (nSPS) is 12.0. The summed E-state index contributed by atoms with van der Waals surface area (Å²) < 4.78 is 5.54. The molecule has 0 saturated heterocycles.